The van der Waals surface area contributed by atoms with Gasteiger partial charge in [-0.1, -0.05) is 211 Å². The third-order valence-corrected chi connectivity index (χ3v) is 14.6. The van der Waals surface area contributed by atoms with Crippen LogP contribution >= 0.6 is 0 Å². The first-order valence-electron chi connectivity index (χ1n) is 25.1. The Morgan fingerprint density at radius 1 is 0.192 bits per heavy atom. The maximum absolute atomic E-state index is 6.26. The minimum Gasteiger partial charge on any atom is -0.115 e. The van der Waals surface area contributed by atoms with Crippen LogP contribution in [-0.4, -0.2) is 0 Å². The predicted molar refractivity (Wildman–Crippen MR) is 328 cm³/mol. The van der Waals surface area contributed by atoms with Crippen LogP contribution < -0.4 is 0 Å². The van der Waals surface area contributed by atoms with Crippen LogP contribution in [0.4, 0.5) is 0 Å². The summed E-state index contributed by atoms with van der Waals surface area (Å²) in [5, 5.41) is 4.38. The van der Waals surface area contributed by atoms with Gasteiger partial charge in [-0.15, -0.1) is 51.4 Å². The third-order valence-electron chi connectivity index (χ3n) is 14.6. The zero-order chi connectivity index (χ0) is 53.9. The van der Waals surface area contributed by atoms with E-state index in [1.165, 1.54) is 0 Å². The fourth-order valence-electron chi connectivity index (χ4n) is 11.1. The van der Waals surface area contributed by atoms with Gasteiger partial charge in [0, 0.05) is 44.5 Å². The van der Waals surface area contributed by atoms with Crippen LogP contribution in [0.1, 0.15) is 44.5 Å². The van der Waals surface area contributed by atoms with E-state index < -0.39 is 0 Å². The molecule has 0 spiro atoms. The second-order valence-corrected chi connectivity index (χ2v) is 18.6. The molecule has 0 nitrogen and oxygen atoms in total. The van der Waals surface area contributed by atoms with Crippen molar-refractivity contribution < 1.29 is 0 Å². The second kappa shape index (κ2) is 20.7. The van der Waals surface area contributed by atoms with Gasteiger partial charge in [0.1, 0.15) is 0 Å². The number of benzene rings is 11. The van der Waals surface area contributed by atoms with Gasteiger partial charge in [0.05, 0.1) is 0 Å². The lowest BCUT2D eigenvalue weighted by atomic mass is 9.82. The van der Waals surface area contributed by atoms with Crippen molar-refractivity contribution in [3.05, 3.63) is 251 Å². The van der Waals surface area contributed by atoms with Gasteiger partial charge in [0.15, 0.2) is 0 Å². The molecule has 11 rings (SSSR count). The summed E-state index contributed by atoms with van der Waals surface area (Å²) < 4.78 is 0. The van der Waals surface area contributed by atoms with Crippen LogP contribution in [0.25, 0.3) is 111 Å². The monoisotopic (exact) mass is 978 g/mol. The maximum Gasteiger partial charge on any atom is 0.0477 e. The molecule has 0 aliphatic carbocycles. The number of terminal acetylenes is 8. The predicted octanol–water partition coefficient (Wildman–Crippen LogP) is 17.2. The SMILES string of the molecule is C#Cc1cccc(-c2ccc(-c3cccc(-c4c5ccccc5c(-c5cccc(-c6c(-c7cccc(C#C)c7C#C)cccc6-c6cccc(C#C)c6C#C)c5)c5ccccc45)c3)cc2-c2cccc(C#C)c2C#C)c1C#C. The van der Waals surface area contributed by atoms with Gasteiger partial charge in [0.25, 0.3) is 0 Å². The molecule has 354 valence electrons. The molecular formula is C78H42. The summed E-state index contributed by atoms with van der Waals surface area (Å²) in [5.74, 6) is 22.7. The molecule has 0 saturated heterocycles. The van der Waals surface area contributed by atoms with Crippen molar-refractivity contribution >= 4 is 21.5 Å². The fourth-order valence-corrected chi connectivity index (χ4v) is 11.1. The topological polar surface area (TPSA) is 0 Å². The largest absolute Gasteiger partial charge is 0.115 e. The normalized spacial score (nSPS) is 10.5. The molecule has 0 atom stereocenters. The number of hydrogen-bond donors (Lipinski definition) is 0. The van der Waals surface area contributed by atoms with E-state index >= 15 is 0 Å². The minimum atomic E-state index is 0.622. The van der Waals surface area contributed by atoms with E-state index in [0.717, 1.165) is 111 Å². The first kappa shape index (κ1) is 48.7. The highest BCUT2D eigenvalue weighted by atomic mass is 14.3. The molecule has 0 fully saturated rings. The Balaban J connectivity index is 1.12. The molecule has 0 heteroatoms. The van der Waals surface area contributed by atoms with Crippen molar-refractivity contribution in [3.8, 4) is 188 Å². The van der Waals surface area contributed by atoms with E-state index in [1.54, 1.807) is 0 Å². The molecular weight excluding hydrogens is 937 g/mol. The first-order valence-corrected chi connectivity index (χ1v) is 25.1. The molecule has 11 aromatic rings. The Bertz CT molecular complexity index is 4550. The second-order valence-electron chi connectivity index (χ2n) is 18.6. The van der Waals surface area contributed by atoms with Crippen molar-refractivity contribution in [1.29, 1.82) is 0 Å². The molecule has 0 amide bonds. The highest BCUT2D eigenvalue weighted by Gasteiger charge is 2.23. The van der Waals surface area contributed by atoms with Crippen LogP contribution in [0.5, 0.6) is 0 Å². The standard InChI is InChI=1S/C78H42/c1-9-51-28-23-40-64(60(51)13-5)68-47-46-56(50-75(68)67-43-26-31-54(12-4)63(67)16-8)55-32-21-33-57(48-55)77-71-36-17-19-38-73(71)78(74-39-20-18-37-72(74)77)59-35-22-34-58(49-59)76-69(65-41-24-29-52(10-2)61(65)14-6)44-27-45-70(76)66-42-25-30-53(11-3)62(66)15-7/h1-8,17-50H. The van der Waals surface area contributed by atoms with Crippen LogP contribution in [-0.2, 0) is 0 Å². The van der Waals surface area contributed by atoms with Crippen molar-refractivity contribution in [2.45, 2.75) is 0 Å². The van der Waals surface area contributed by atoms with Crippen molar-refractivity contribution in [3.63, 3.8) is 0 Å². The molecule has 0 aliphatic rings. The van der Waals surface area contributed by atoms with E-state index in [-0.39, 0.29) is 0 Å². The van der Waals surface area contributed by atoms with E-state index in [0.29, 0.717) is 44.5 Å². The number of fused-ring (bicyclic) bond motifs is 2. The molecule has 0 heterocycles. The summed E-state index contributed by atoms with van der Waals surface area (Å²) in [7, 11) is 0. The molecule has 0 aromatic heterocycles. The average Bonchev–Trinajstić information content (AvgIpc) is 3.52. The van der Waals surface area contributed by atoms with Crippen LogP contribution in [0.15, 0.2) is 206 Å². The van der Waals surface area contributed by atoms with Gasteiger partial charge in [-0.3, -0.25) is 0 Å². The van der Waals surface area contributed by atoms with E-state index in [1.807, 2.05) is 78.9 Å². The zero-order valence-corrected chi connectivity index (χ0v) is 42.2. The van der Waals surface area contributed by atoms with Gasteiger partial charge < -0.3 is 0 Å². The summed E-state index contributed by atoms with van der Waals surface area (Å²) in [4.78, 5) is 0. The lowest BCUT2D eigenvalue weighted by molar-refractivity contribution is 1.51. The van der Waals surface area contributed by atoms with Gasteiger partial charge >= 0.3 is 0 Å². The number of rotatable bonds is 8. The maximum atomic E-state index is 6.26. The Labute approximate surface area is 457 Å². The highest BCUT2D eigenvalue weighted by Crippen LogP contribution is 2.48. The smallest absolute Gasteiger partial charge is 0.0477 e. The molecule has 0 bridgehead atoms. The lowest BCUT2D eigenvalue weighted by Gasteiger charge is -2.21. The summed E-state index contributed by atoms with van der Waals surface area (Å²) in [6.45, 7) is 0. The van der Waals surface area contributed by atoms with E-state index in [2.05, 4.69) is 175 Å². The third kappa shape index (κ3) is 8.23. The summed E-state index contributed by atoms with van der Waals surface area (Å²) in [6.07, 6.45) is 49.0. The van der Waals surface area contributed by atoms with E-state index in [4.69, 9.17) is 51.4 Å². The van der Waals surface area contributed by atoms with Gasteiger partial charge in [-0.25, -0.2) is 0 Å². The Hall–Kier alpha value is -11.6. The van der Waals surface area contributed by atoms with Crippen LogP contribution in [0, 0.1) is 98.8 Å². The minimum absolute atomic E-state index is 0.622. The summed E-state index contributed by atoms with van der Waals surface area (Å²) >= 11 is 0. The molecule has 78 heavy (non-hydrogen) atoms. The summed E-state index contributed by atoms with van der Waals surface area (Å²) in [6, 6.07) is 70.5. The molecule has 0 aliphatic heterocycles. The quantitative estimate of drug-likeness (QED) is 0.105. The Kier molecular flexibility index (Phi) is 12.9. The zero-order valence-electron chi connectivity index (χ0n) is 42.2. The average molecular weight is 979 g/mol. The van der Waals surface area contributed by atoms with Crippen molar-refractivity contribution in [1.82, 2.24) is 0 Å². The van der Waals surface area contributed by atoms with Crippen molar-refractivity contribution in [2.24, 2.45) is 0 Å². The highest BCUT2D eigenvalue weighted by molar-refractivity contribution is 6.22. The fraction of sp³-hybridized carbons (Fsp3) is 0. The van der Waals surface area contributed by atoms with Gasteiger partial charge in [-0.2, -0.15) is 0 Å². The summed E-state index contributed by atoms with van der Waals surface area (Å²) in [5.41, 5.74) is 20.1. The molecule has 11 aromatic carbocycles. The molecule has 0 radical (unpaired) electrons. The molecule has 0 saturated carbocycles. The van der Waals surface area contributed by atoms with E-state index in [9.17, 15) is 0 Å². The van der Waals surface area contributed by atoms with Gasteiger partial charge in [-0.05, 0) is 153 Å². The molecule has 0 N–H and O–H groups in total. The van der Waals surface area contributed by atoms with Gasteiger partial charge in [0.2, 0.25) is 0 Å². The lowest BCUT2D eigenvalue weighted by Crippen LogP contribution is -1.97. The van der Waals surface area contributed by atoms with Crippen LogP contribution in [0.2, 0.25) is 0 Å². The Morgan fingerprint density at radius 3 is 0.872 bits per heavy atom. The van der Waals surface area contributed by atoms with Crippen LogP contribution in [0.3, 0.4) is 0 Å². The first-order chi connectivity index (χ1) is 38.4. The van der Waals surface area contributed by atoms with Crippen molar-refractivity contribution in [2.75, 3.05) is 0 Å². The molecule has 0 unspecified atom stereocenters. The number of hydrogen-bond acceptors (Lipinski definition) is 0. The Morgan fingerprint density at radius 2 is 0.487 bits per heavy atom.